The molecule has 0 heterocycles. The molecule has 0 saturated carbocycles. The highest BCUT2D eigenvalue weighted by Gasteiger charge is 2.20. The van der Waals surface area contributed by atoms with E-state index in [9.17, 15) is 14.9 Å². The molecule has 2 aromatic rings. The minimum atomic E-state index is -0.573. The summed E-state index contributed by atoms with van der Waals surface area (Å²) in [4.78, 5) is 22.8. The predicted molar refractivity (Wildman–Crippen MR) is 87.8 cm³/mol. The molecule has 1 amide bonds. The van der Waals surface area contributed by atoms with Crippen LogP contribution < -0.4 is 10.1 Å². The molecule has 0 bridgehead atoms. The van der Waals surface area contributed by atoms with Gasteiger partial charge in [0.1, 0.15) is 11.3 Å². The zero-order valence-electron chi connectivity index (χ0n) is 13.0. The highest BCUT2D eigenvalue weighted by Crippen LogP contribution is 2.26. The summed E-state index contributed by atoms with van der Waals surface area (Å²) in [5.74, 6) is 0.333. The number of carbonyl (C=O) groups excluding carboxylic acids is 1. The average molecular weight is 314 g/mol. The molecule has 2 aromatic carbocycles. The normalized spacial score (nSPS) is 10.4. The van der Waals surface area contributed by atoms with Gasteiger partial charge in [-0.25, -0.2) is 0 Å². The van der Waals surface area contributed by atoms with Crippen molar-refractivity contribution >= 4 is 17.3 Å². The van der Waals surface area contributed by atoms with Crippen LogP contribution in [0, 0.1) is 16.0 Å². The summed E-state index contributed by atoms with van der Waals surface area (Å²) in [5.41, 5.74) is 0.262. The van der Waals surface area contributed by atoms with Crippen LogP contribution in [0.15, 0.2) is 48.5 Å². The smallest absolute Gasteiger partial charge is 0.282 e. The molecule has 0 radical (unpaired) electrons. The van der Waals surface area contributed by atoms with Crippen LogP contribution in [0.5, 0.6) is 5.75 Å². The highest BCUT2D eigenvalue weighted by atomic mass is 16.6. The minimum Gasteiger partial charge on any atom is -0.491 e. The fourth-order valence-electron chi connectivity index (χ4n) is 1.97. The number of hydrogen-bond acceptors (Lipinski definition) is 4. The van der Waals surface area contributed by atoms with E-state index in [4.69, 9.17) is 4.74 Å². The van der Waals surface area contributed by atoms with Crippen molar-refractivity contribution in [3.05, 3.63) is 64.2 Å². The SMILES string of the molecule is CC(C)COc1ccccc1NC(=O)c1ccccc1[N+](=O)[O-]. The quantitative estimate of drug-likeness (QED) is 0.648. The summed E-state index contributed by atoms with van der Waals surface area (Å²) in [6, 6.07) is 12.8. The van der Waals surface area contributed by atoms with Crippen LogP contribution in [0.25, 0.3) is 0 Å². The molecule has 1 N–H and O–H groups in total. The standard InChI is InChI=1S/C17H18N2O4/c1-12(2)11-23-16-10-6-4-8-14(16)18-17(20)13-7-3-5-9-15(13)19(21)22/h3-10,12H,11H2,1-2H3,(H,18,20). The third kappa shape index (κ3) is 4.29. The molecular weight excluding hydrogens is 296 g/mol. The van der Waals surface area contributed by atoms with Crippen molar-refractivity contribution in [2.75, 3.05) is 11.9 Å². The zero-order valence-corrected chi connectivity index (χ0v) is 13.0. The summed E-state index contributed by atoms with van der Waals surface area (Å²) in [6.45, 7) is 4.56. The van der Waals surface area contributed by atoms with E-state index in [1.54, 1.807) is 30.3 Å². The summed E-state index contributed by atoms with van der Waals surface area (Å²) in [6.07, 6.45) is 0. The van der Waals surface area contributed by atoms with Crippen molar-refractivity contribution in [1.29, 1.82) is 0 Å². The first-order chi connectivity index (χ1) is 11.0. The molecule has 0 fully saturated rings. The first kappa shape index (κ1) is 16.5. The Morgan fingerprint density at radius 1 is 1.17 bits per heavy atom. The number of amides is 1. The number of benzene rings is 2. The molecule has 6 heteroatoms. The number of anilines is 1. The molecule has 0 aliphatic carbocycles. The van der Waals surface area contributed by atoms with E-state index in [1.165, 1.54) is 18.2 Å². The van der Waals surface area contributed by atoms with E-state index in [-0.39, 0.29) is 11.3 Å². The predicted octanol–water partition coefficient (Wildman–Crippen LogP) is 3.88. The maximum Gasteiger partial charge on any atom is 0.282 e. The van der Waals surface area contributed by atoms with E-state index in [0.29, 0.717) is 24.0 Å². The van der Waals surface area contributed by atoms with Gasteiger partial charge in [0.05, 0.1) is 17.2 Å². The van der Waals surface area contributed by atoms with Crippen molar-refractivity contribution in [2.24, 2.45) is 5.92 Å². The average Bonchev–Trinajstić information content (AvgIpc) is 2.53. The summed E-state index contributed by atoms with van der Waals surface area (Å²) >= 11 is 0. The Morgan fingerprint density at radius 2 is 1.83 bits per heavy atom. The molecule has 6 nitrogen and oxygen atoms in total. The molecule has 0 saturated heterocycles. The van der Waals surface area contributed by atoms with Crippen molar-refractivity contribution < 1.29 is 14.5 Å². The van der Waals surface area contributed by atoms with E-state index >= 15 is 0 Å². The molecule has 120 valence electrons. The maximum absolute atomic E-state index is 12.4. The summed E-state index contributed by atoms with van der Waals surface area (Å²) in [7, 11) is 0. The molecule has 23 heavy (non-hydrogen) atoms. The molecule has 0 aromatic heterocycles. The Balaban J connectivity index is 2.23. The van der Waals surface area contributed by atoms with Gasteiger partial charge in [-0.3, -0.25) is 14.9 Å². The molecule has 0 aliphatic heterocycles. The van der Waals surface area contributed by atoms with Gasteiger partial charge in [-0.2, -0.15) is 0 Å². The largest absolute Gasteiger partial charge is 0.491 e. The van der Waals surface area contributed by atoms with Gasteiger partial charge >= 0.3 is 0 Å². The van der Waals surface area contributed by atoms with Gasteiger partial charge in [-0.1, -0.05) is 38.1 Å². The van der Waals surface area contributed by atoms with Crippen molar-refractivity contribution in [1.82, 2.24) is 0 Å². The van der Waals surface area contributed by atoms with Crippen LogP contribution in [0.1, 0.15) is 24.2 Å². The second kappa shape index (κ2) is 7.40. The number of ether oxygens (including phenoxy) is 1. The van der Waals surface area contributed by atoms with Gasteiger partial charge in [0, 0.05) is 6.07 Å². The van der Waals surface area contributed by atoms with Crippen LogP contribution >= 0.6 is 0 Å². The van der Waals surface area contributed by atoms with E-state index < -0.39 is 10.8 Å². The number of rotatable bonds is 6. The van der Waals surface area contributed by atoms with Crippen LogP contribution in [-0.4, -0.2) is 17.4 Å². The third-order valence-corrected chi connectivity index (χ3v) is 3.05. The lowest BCUT2D eigenvalue weighted by Gasteiger charge is -2.13. The Hall–Kier alpha value is -2.89. The monoisotopic (exact) mass is 314 g/mol. The zero-order chi connectivity index (χ0) is 16.8. The fourth-order valence-corrected chi connectivity index (χ4v) is 1.97. The Morgan fingerprint density at radius 3 is 2.52 bits per heavy atom. The lowest BCUT2D eigenvalue weighted by Crippen LogP contribution is -2.15. The lowest BCUT2D eigenvalue weighted by atomic mass is 10.1. The van der Waals surface area contributed by atoms with E-state index in [2.05, 4.69) is 5.32 Å². The topological polar surface area (TPSA) is 81.5 Å². The second-order valence-corrected chi connectivity index (χ2v) is 5.43. The molecule has 0 aliphatic rings. The number of nitro benzene ring substituents is 1. The molecule has 0 unspecified atom stereocenters. The van der Waals surface area contributed by atoms with Crippen molar-refractivity contribution in [2.45, 2.75) is 13.8 Å². The van der Waals surface area contributed by atoms with Crippen LogP contribution in [0.2, 0.25) is 0 Å². The van der Waals surface area contributed by atoms with Crippen molar-refractivity contribution in [3.63, 3.8) is 0 Å². The van der Waals surface area contributed by atoms with E-state index in [1.807, 2.05) is 13.8 Å². The number of carbonyl (C=O) groups is 1. The molecular formula is C17H18N2O4. The number of para-hydroxylation sites is 3. The van der Waals surface area contributed by atoms with Crippen LogP contribution in [0.3, 0.4) is 0 Å². The first-order valence-electron chi connectivity index (χ1n) is 7.25. The Kier molecular flexibility index (Phi) is 5.30. The number of nitrogens with one attached hydrogen (secondary N) is 1. The van der Waals surface area contributed by atoms with Gasteiger partial charge in [0.25, 0.3) is 11.6 Å². The summed E-state index contributed by atoms with van der Waals surface area (Å²) < 4.78 is 5.66. The van der Waals surface area contributed by atoms with Gasteiger partial charge in [0.15, 0.2) is 0 Å². The lowest BCUT2D eigenvalue weighted by molar-refractivity contribution is -0.385. The Labute approximate surface area is 134 Å². The molecule has 0 spiro atoms. The summed E-state index contributed by atoms with van der Waals surface area (Å²) in [5, 5.41) is 13.7. The number of nitro groups is 1. The fraction of sp³-hybridized carbons (Fsp3) is 0.235. The number of nitrogens with zero attached hydrogens (tertiary/aromatic N) is 1. The van der Waals surface area contributed by atoms with Crippen molar-refractivity contribution in [3.8, 4) is 5.75 Å². The van der Waals surface area contributed by atoms with Gasteiger partial charge in [-0.15, -0.1) is 0 Å². The van der Waals surface area contributed by atoms with E-state index in [0.717, 1.165) is 0 Å². The molecule has 2 rings (SSSR count). The second-order valence-electron chi connectivity index (χ2n) is 5.43. The Bertz CT molecular complexity index is 713. The van der Waals surface area contributed by atoms with Crippen LogP contribution in [0.4, 0.5) is 11.4 Å². The van der Waals surface area contributed by atoms with Gasteiger partial charge in [-0.05, 0) is 24.1 Å². The third-order valence-electron chi connectivity index (χ3n) is 3.05. The molecule has 0 atom stereocenters. The highest BCUT2D eigenvalue weighted by molar-refractivity contribution is 6.07. The van der Waals surface area contributed by atoms with Crippen LogP contribution in [-0.2, 0) is 0 Å². The van der Waals surface area contributed by atoms with Gasteiger partial charge < -0.3 is 10.1 Å². The minimum absolute atomic E-state index is 0.0103. The first-order valence-corrected chi connectivity index (χ1v) is 7.25. The van der Waals surface area contributed by atoms with Gasteiger partial charge in [0.2, 0.25) is 0 Å². The number of hydrogen-bond donors (Lipinski definition) is 1. The maximum atomic E-state index is 12.4.